The van der Waals surface area contributed by atoms with Crippen molar-refractivity contribution in [3.8, 4) is 28.7 Å². The number of rotatable bonds is 19. The Balaban J connectivity index is 1.32. The number of nitrogens with zero attached hydrogens (tertiary/aromatic N) is 5. The van der Waals surface area contributed by atoms with Crippen LogP contribution in [0.3, 0.4) is 0 Å². The molecule has 0 amide bonds. The molecule has 3 aromatic carbocycles. The third-order valence-electron chi connectivity index (χ3n) is 9.95. The van der Waals surface area contributed by atoms with Gasteiger partial charge in [0.1, 0.15) is 30.8 Å². The molecule has 0 bridgehead atoms. The lowest BCUT2D eigenvalue weighted by atomic mass is 9.91. The molecule has 1 aliphatic rings. The van der Waals surface area contributed by atoms with Crippen molar-refractivity contribution in [2.45, 2.75) is 46.6 Å². The van der Waals surface area contributed by atoms with Gasteiger partial charge in [-0.1, -0.05) is 48.0 Å². The number of halogens is 1. The molecule has 1 aromatic heterocycles. The van der Waals surface area contributed by atoms with E-state index in [1.807, 2.05) is 11.0 Å². The van der Waals surface area contributed by atoms with E-state index in [0.717, 1.165) is 72.0 Å². The van der Waals surface area contributed by atoms with E-state index in [1.54, 1.807) is 18.3 Å². The number of aliphatic hydroxyl groups excluding tert-OH is 2. The topological polar surface area (TPSA) is 122 Å². The minimum atomic E-state index is -0.658. The van der Waals surface area contributed by atoms with Gasteiger partial charge in [-0.05, 0) is 72.8 Å². The molecule has 0 spiro atoms. The molecular formula is C42H52ClN5O5S. The van der Waals surface area contributed by atoms with Gasteiger partial charge in [0.25, 0.3) is 0 Å². The van der Waals surface area contributed by atoms with Crippen LogP contribution < -0.4 is 9.47 Å². The average Bonchev–Trinajstić information content (AvgIpc) is 3.17. The van der Waals surface area contributed by atoms with Gasteiger partial charge in [-0.2, -0.15) is 5.26 Å². The highest BCUT2D eigenvalue weighted by Gasteiger charge is 2.18. The summed E-state index contributed by atoms with van der Waals surface area (Å²) < 4.78 is 24.5. The number of benzene rings is 3. The molecule has 0 aliphatic carbocycles. The first kappa shape index (κ1) is 41.3. The summed E-state index contributed by atoms with van der Waals surface area (Å²) in [6, 6.07) is 20.3. The number of nitriles is 1. The fraction of sp³-hybridized carbons (Fsp3) is 0.429. The van der Waals surface area contributed by atoms with Crippen molar-refractivity contribution < 1.29 is 23.9 Å². The van der Waals surface area contributed by atoms with Crippen LogP contribution in [-0.2, 0) is 37.1 Å². The molecule has 0 atom stereocenters. The zero-order valence-corrected chi connectivity index (χ0v) is 33.2. The van der Waals surface area contributed by atoms with Crippen molar-refractivity contribution in [3.63, 3.8) is 0 Å². The lowest BCUT2D eigenvalue weighted by molar-refractivity contribution is 0.172. The Morgan fingerprint density at radius 1 is 0.870 bits per heavy atom. The molecule has 12 heteroatoms. The summed E-state index contributed by atoms with van der Waals surface area (Å²) in [5.74, 6) is 2.60. The molecule has 1 aliphatic heterocycles. The predicted molar refractivity (Wildman–Crippen MR) is 215 cm³/mol. The number of pyridine rings is 1. The first-order valence-electron chi connectivity index (χ1n) is 18.5. The third-order valence-corrected chi connectivity index (χ3v) is 11.5. The van der Waals surface area contributed by atoms with Crippen LogP contribution in [0.4, 0.5) is 0 Å². The minimum Gasteiger partial charge on any atom is -0.488 e. The fourth-order valence-electron chi connectivity index (χ4n) is 6.69. The second-order valence-corrected chi connectivity index (χ2v) is 15.9. The van der Waals surface area contributed by atoms with Gasteiger partial charge in [0, 0.05) is 111 Å². The second-order valence-electron chi connectivity index (χ2n) is 13.8. The molecule has 1 saturated heterocycles. The van der Waals surface area contributed by atoms with Gasteiger partial charge >= 0.3 is 0 Å². The van der Waals surface area contributed by atoms with Crippen molar-refractivity contribution >= 4 is 22.4 Å². The van der Waals surface area contributed by atoms with E-state index in [-0.39, 0.29) is 19.8 Å². The summed E-state index contributed by atoms with van der Waals surface area (Å²) in [5.41, 5.74) is 9.08. The fourth-order valence-corrected chi connectivity index (χ4v) is 8.06. The summed E-state index contributed by atoms with van der Waals surface area (Å²) in [7, 11) is 1.51. The second kappa shape index (κ2) is 20.7. The highest BCUT2D eigenvalue weighted by molar-refractivity contribution is 7.85. The number of hydrogen-bond acceptors (Lipinski definition) is 10. The van der Waals surface area contributed by atoms with Crippen molar-refractivity contribution in [1.82, 2.24) is 19.7 Å². The van der Waals surface area contributed by atoms with Crippen molar-refractivity contribution in [2.24, 2.45) is 0 Å². The number of hydrogen-bond donors (Lipinski definition) is 2. The van der Waals surface area contributed by atoms with E-state index in [2.05, 4.69) is 78.1 Å². The Morgan fingerprint density at radius 2 is 1.57 bits per heavy atom. The quantitative estimate of drug-likeness (QED) is 0.122. The van der Waals surface area contributed by atoms with E-state index < -0.39 is 10.8 Å². The van der Waals surface area contributed by atoms with Gasteiger partial charge in [0.2, 0.25) is 0 Å². The molecule has 10 nitrogen and oxygen atoms in total. The molecule has 2 heterocycles. The molecule has 1 fully saturated rings. The van der Waals surface area contributed by atoms with E-state index in [4.69, 9.17) is 21.1 Å². The van der Waals surface area contributed by atoms with E-state index >= 15 is 0 Å². The van der Waals surface area contributed by atoms with Crippen LogP contribution in [0.5, 0.6) is 11.5 Å². The maximum Gasteiger partial charge on any atom is 0.142 e. The van der Waals surface area contributed by atoms with Crippen LogP contribution >= 0.6 is 11.6 Å². The maximum absolute atomic E-state index is 11.7. The summed E-state index contributed by atoms with van der Waals surface area (Å²) in [6.07, 6.45) is 3.75. The zero-order valence-electron chi connectivity index (χ0n) is 31.6. The predicted octanol–water partition coefficient (Wildman–Crippen LogP) is 5.72. The minimum absolute atomic E-state index is 0.0209. The first-order valence-corrected chi connectivity index (χ1v) is 20.3. The summed E-state index contributed by atoms with van der Waals surface area (Å²) >= 11 is 6.85. The smallest absolute Gasteiger partial charge is 0.142 e. The SMILES string of the molecule is Cc1c(COc2cc(OCc3cncc(C#N)c3)c(CN(CCO)CCCO)cc2Cl)cccc1-c1cccc(CN(C)CCN2CCS(=O)CC2)c1C. The Labute approximate surface area is 327 Å². The zero-order chi connectivity index (χ0) is 38.5. The normalized spacial score (nSPS) is 13.8. The molecule has 0 radical (unpaired) electrons. The maximum atomic E-state index is 11.7. The number of aliphatic hydroxyl groups is 2. The number of likely N-dealkylation sites (N-methyl/N-ethyl adjacent to an activating group) is 1. The number of aromatic nitrogens is 1. The Kier molecular flexibility index (Phi) is 15.8. The lowest BCUT2D eigenvalue weighted by Crippen LogP contribution is -2.41. The van der Waals surface area contributed by atoms with Crippen molar-refractivity contribution in [1.29, 1.82) is 5.26 Å². The largest absolute Gasteiger partial charge is 0.488 e. The van der Waals surface area contributed by atoms with E-state index in [1.165, 1.54) is 22.9 Å². The van der Waals surface area contributed by atoms with Gasteiger partial charge < -0.3 is 29.5 Å². The monoisotopic (exact) mass is 773 g/mol. The highest BCUT2D eigenvalue weighted by atomic mass is 35.5. The summed E-state index contributed by atoms with van der Waals surface area (Å²) in [6.45, 7) is 10.9. The molecule has 288 valence electrons. The van der Waals surface area contributed by atoms with Crippen LogP contribution in [0.1, 0.15) is 45.4 Å². The molecule has 5 rings (SSSR count). The standard InChI is InChI=1S/C42H52ClN5O5S/c1-31-35(27-46(3)12-13-47-15-19-54(51)20-16-47)7-4-9-38(31)39-10-5-8-36(32(39)2)30-53-42-23-41(52-29-34-21-33(24-44)25-45-26-34)37(22-40(42)43)28-48(14-18-50)11-6-17-49/h4-5,7-10,21-23,25-26,49-50H,6,11-20,27-30H2,1-3H3. The first-order chi connectivity index (χ1) is 26.2. The average molecular weight is 774 g/mol. The molecule has 4 aromatic rings. The molecule has 0 saturated carbocycles. The number of ether oxygens (including phenoxy) is 2. The van der Waals surface area contributed by atoms with E-state index in [9.17, 15) is 19.7 Å². The summed E-state index contributed by atoms with van der Waals surface area (Å²) in [5, 5.41) is 28.9. The Hall–Kier alpha value is -3.86. The van der Waals surface area contributed by atoms with Crippen LogP contribution in [0.2, 0.25) is 5.02 Å². The van der Waals surface area contributed by atoms with E-state index in [0.29, 0.717) is 54.7 Å². The summed E-state index contributed by atoms with van der Waals surface area (Å²) in [4.78, 5) is 11.0. The van der Waals surface area contributed by atoms with Crippen LogP contribution in [0.25, 0.3) is 11.1 Å². The Bertz CT molecular complexity index is 1910. The molecule has 0 unspecified atom stereocenters. The molecular weight excluding hydrogens is 722 g/mol. The molecule has 2 N–H and O–H groups in total. The van der Waals surface area contributed by atoms with Gasteiger partial charge in [-0.3, -0.25) is 14.1 Å². The van der Waals surface area contributed by atoms with Crippen LogP contribution in [0, 0.1) is 25.2 Å². The molecule has 54 heavy (non-hydrogen) atoms. The van der Waals surface area contributed by atoms with Crippen LogP contribution in [0.15, 0.2) is 67.0 Å². The van der Waals surface area contributed by atoms with Crippen molar-refractivity contribution in [2.75, 3.05) is 71.0 Å². The lowest BCUT2D eigenvalue weighted by Gasteiger charge is -2.28. The van der Waals surface area contributed by atoms with Crippen molar-refractivity contribution in [3.05, 3.63) is 111 Å². The van der Waals surface area contributed by atoms with Gasteiger partial charge in [0.05, 0.1) is 17.2 Å². The van der Waals surface area contributed by atoms with Crippen LogP contribution in [-0.4, -0.2) is 105 Å². The third kappa shape index (κ3) is 11.6. The highest BCUT2D eigenvalue weighted by Crippen LogP contribution is 2.36. The van der Waals surface area contributed by atoms with Gasteiger partial charge in [-0.25, -0.2) is 0 Å². The van der Waals surface area contributed by atoms with Gasteiger partial charge in [-0.15, -0.1) is 0 Å². The van der Waals surface area contributed by atoms with Gasteiger partial charge in [0.15, 0.2) is 0 Å². The Morgan fingerprint density at radius 3 is 2.28 bits per heavy atom.